The van der Waals surface area contributed by atoms with Gasteiger partial charge in [0.05, 0.1) is 10.6 Å². The lowest BCUT2D eigenvalue weighted by Crippen LogP contribution is -2.18. The molecule has 0 aromatic carbocycles. The van der Waals surface area contributed by atoms with E-state index in [9.17, 15) is 5.11 Å². The molecule has 0 amide bonds. The predicted molar refractivity (Wildman–Crippen MR) is 80.7 cm³/mol. The van der Waals surface area contributed by atoms with Crippen LogP contribution in [-0.4, -0.2) is 5.11 Å². The molecule has 0 atom stereocenters. The van der Waals surface area contributed by atoms with E-state index in [2.05, 4.69) is 0 Å². The average Bonchev–Trinajstić information content (AvgIpc) is 2.81. The van der Waals surface area contributed by atoms with Crippen LogP contribution in [0.25, 0.3) is 0 Å². The lowest BCUT2D eigenvalue weighted by atomic mass is 9.96. The Labute approximate surface area is 120 Å². The van der Waals surface area contributed by atoms with Crippen molar-refractivity contribution in [2.75, 3.05) is 5.73 Å². The molecular weight excluding hydrogens is 286 g/mol. The van der Waals surface area contributed by atoms with Gasteiger partial charge in [0, 0.05) is 26.4 Å². The van der Waals surface area contributed by atoms with E-state index in [1.807, 2.05) is 16.8 Å². The summed E-state index contributed by atoms with van der Waals surface area (Å²) < 4.78 is 0. The van der Waals surface area contributed by atoms with Crippen LogP contribution < -0.4 is 5.73 Å². The molecule has 5 heteroatoms. The summed E-state index contributed by atoms with van der Waals surface area (Å²) in [5, 5.41) is 14.9. The molecule has 0 unspecified atom stereocenters. The fourth-order valence-electron chi connectivity index (χ4n) is 2.02. The fraction of sp³-hybridized carbons (Fsp3) is 0.385. The fourth-order valence-corrected chi connectivity index (χ4v) is 4.25. The molecule has 2 rings (SSSR count). The Kier molecular flexibility index (Phi) is 4.02. The zero-order valence-electron chi connectivity index (χ0n) is 10.4. The van der Waals surface area contributed by atoms with E-state index in [-0.39, 0.29) is 0 Å². The maximum Gasteiger partial charge on any atom is 0.0871 e. The molecule has 2 aromatic heterocycles. The lowest BCUT2D eigenvalue weighted by Gasteiger charge is -2.19. The van der Waals surface area contributed by atoms with Crippen molar-refractivity contribution in [3.05, 3.63) is 37.2 Å². The van der Waals surface area contributed by atoms with E-state index in [1.165, 1.54) is 4.88 Å². The van der Waals surface area contributed by atoms with Crippen molar-refractivity contribution in [2.45, 2.75) is 32.3 Å². The molecule has 2 aromatic rings. The molecule has 2 heterocycles. The molecule has 18 heavy (non-hydrogen) atoms. The summed E-state index contributed by atoms with van der Waals surface area (Å²) in [5.41, 5.74) is 6.58. The smallest absolute Gasteiger partial charge is 0.0871 e. The summed E-state index contributed by atoms with van der Waals surface area (Å²) in [4.78, 5) is 2.33. The van der Waals surface area contributed by atoms with Crippen molar-refractivity contribution in [3.8, 4) is 0 Å². The Bertz CT molecular complexity index is 539. The third kappa shape index (κ3) is 2.88. The summed E-state index contributed by atoms with van der Waals surface area (Å²) in [5.74, 6) is 0. The zero-order chi connectivity index (χ0) is 13.3. The average molecular weight is 302 g/mol. The van der Waals surface area contributed by atoms with Gasteiger partial charge >= 0.3 is 0 Å². The Morgan fingerprint density at radius 3 is 2.50 bits per heavy atom. The van der Waals surface area contributed by atoms with Gasteiger partial charge < -0.3 is 10.8 Å². The zero-order valence-corrected chi connectivity index (χ0v) is 12.8. The number of rotatable bonds is 4. The van der Waals surface area contributed by atoms with Crippen molar-refractivity contribution in [1.29, 1.82) is 0 Å². The second-order valence-electron chi connectivity index (χ2n) is 4.74. The molecule has 2 nitrogen and oxygen atoms in total. The Morgan fingerprint density at radius 2 is 1.94 bits per heavy atom. The van der Waals surface area contributed by atoms with Crippen molar-refractivity contribution < 1.29 is 5.11 Å². The summed E-state index contributed by atoms with van der Waals surface area (Å²) in [6.07, 6.45) is 1.75. The molecule has 0 radical (unpaired) electrons. The molecular formula is C13H16ClNOS2. The summed E-state index contributed by atoms with van der Waals surface area (Å²) in [6, 6.07) is 1.92. The van der Waals surface area contributed by atoms with Gasteiger partial charge in [0.1, 0.15) is 0 Å². The maximum atomic E-state index is 10.2. The van der Waals surface area contributed by atoms with Crippen LogP contribution in [0.4, 0.5) is 5.69 Å². The number of halogens is 1. The molecule has 0 saturated heterocycles. The van der Waals surface area contributed by atoms with Crippen LogP contribution in [0.15, 0.2) is 16.8 Å². The van der Waals surface area contributed by atoms with Crippen molar-refractivity contribution in [3.63, 3.8) is 0 Å². The van der Waals surface area contributed by atoms with Crippen LogP contribution in [0.3, 0.4) is 0 Å². The summed E-state index contributed by atoms with van der Waals surface area (Å²) in [7, 11) is 0. The molecule has 0 aliphatic rings. The third-order valence-electron chi connectivity index (χ3n) is 2.78. The first kappa shape index (κ1) is 13.9. The highest BCUT2D eigenvalue weighted by Crippen LogP contribution is 2.35. The van der Waals surface area contributed by atoms with Crippen LogP contribution in [0, 0.1) is 0 Å². The Hall–Kier alpha value is -0.550. The van der Waals surface area contributed by atoms with E-state index in [4.69, 9.17) is 17.3 Å². The van der Waals surface area contributed by atoms with Gasteiger partial charge in [-0.2, -0.15) is 0 Å². The minimum atomic E-state index is -0.890. The van der Waals surface area contributed by atoms with Crippen LogP contribution >= 0.6 is 34.3 Å². The van der Waals surface area contributed by atoms with Crippen molar-refractivity contribution in [2.24, 2.45) is 0 Å². The number of nitrogens with two attached hydrogens (primary N) is 1. The van der Waals surface area contributed by atoms with E-state index in [0.717, 1.165) is 28.3 Å². The normalized spacial score (nSPS) is 12.0. The van der Waals surface area contributed by atoms with Gasteiger partial charge in [-0.25, -0.2) is 0 Å². The van der Waals surface area contributed by atoms with Crippen molar-refractivity contribution in [1.82, 2.24) is 0 Å². The second kappa shape index (κ2) is 5.21. The van der Waals surface area contributed by atoms with E-state index in [0.29, 0.717) is 5.69 Å². The molecule has 0 bridgehead atoms. The van der Waals surface area contributed by atoms with E-state index < -0.39 is 5.60 Å². The minimum Gasteiger partial charge on any atom is -0.398 e. The number of anilines is 1. The number of thiophene rings is 2. The third-order valence-corrected chi connectivity index (χ3v) is 5.29. The van der Waals surface area contributed by atoms with E-state index in [1.54, 1.807) is 36.5 Å². The van der Waals surface area contributed by atoms with Gasteiger partial charge in [0.2, 0.25) is 0 Å². The standard InChI is InChI=1S/C13H16ClNOS2/c1-13(2,16)12-9(15)7-18-11(12)4-3-10-8(14)5-6-17-10/h5-7,16H,3-4,15H2,1-2H3. The van der Waals surface area contributed by atoms with Gasteiger partial charge in [-0.15, -0.1) is 22.7 Å². The summed E-state index contributed by atoms with van der Waals surface area (Å²) >= 11 is 9.36. The van der Waals surface area contributed by atoms with Gasteiger partial charge in [-0.05, 0) is 38.1 Å². The molecule has 3 N–H and O–H groups in total. The summed E-state index contributed by atoms with van der Waals surface area (Å²) in [6.45, 7) is 3.54. The van der Waals surface area contributed by atoms with Gasteiger partial charge in [-0.1, -0.05) is 11.6 Å². The molecule has 0 spiro atoms. The lowest BCUT2D eigenvalue weighted by molar-refractivity contribution is 0.0790. The van der Waals surface area contributed by atoms with Crippen LogP contribution in [0.1, 0.15) is 29.2 Å². The quantitative estimate of drug-likeness (QED) is 0.894. The van der Waals surface area contributed by atoms with Crippen LogP contribution in [-0.2, 0) is 18.4 Å². The van der Waals surface area contributed by atoms with Crippen molar-refractivity contribution >= 4 is 40.0 Å². The Morgan fingerprint density at radius 1 is 1.28 bits per heavy atom. The Balaban J connectivity index is 2.18. The predicted octanol–water partition coefficient (Wildman–Crippen LogP) is 4.06. The van der Waals surface area contributed by atoms with Gasteiger partial charge in [0.15, 0.2) is 0 Å². The number of hydrogen-bond donors (Lipinski definition) is 2. The topological polar surface area (TPSA) is 46.2 Å². The first-order valence-electron chi connectivity index (χ1n) is 5.70. The highest BCUT2D eigenvalue weighted by atomic mass is 35.5. The largest absolute Gasteiger partial charge is 0.398 e. The number of nitrogen functional groups attached to an aromatic ring is 1. The highest BCUT2D eigenvalue weighted by molar-refractivity contribution is 7.11. The number of aryl methyl sites for hydroxylation is 2. The van der Waals surface area contributed by atoms with Gasteiger partial charge in [-0.3, -0.25) is 0 Å². The maximum absolute atomic E-state index is 10.2. The minimum absolute atomic E-state index is 0.680. The van der Waals surface area contributed by atoms with E-state index >= 15 is 0 Å². The van der Waals surface area contributed by atoms with Crippen LogP contribution in [0.2, 0.25) is 5.02 Å². The monoisotopic (exact) mass is 301 g/mol. The molecule has 0 aliphatic carbocycles. The van der Waals surface area contributed by atoms with Gasteiger partial charge in [0.25, 0.3) is 0 Å². The highest BCUT2D eigenvalue weighted by Gasteiger charge is 2.24. The molecule has 0 saturated carbocycles. The molecule has 98 valence electrons. The first-order chi connectivity index (χ1) is 8.39. The molecule has 0 aliphatic heterocycles. The van der Waals surface area contributed by atoms with Crippen LogP contribution in [0.5, 0.6) is 0 Å². The number of aliphatic hydroxyl groups is 1. The molecule has 0 fully saturated rings. The SMILES string of the molecule is CC(C)(O)c1c(N)csc1CCc1sccc1Cl. The second-order valence-corrected chi connectivity index (χ2v) is 7.11. The first-order valence-corrected chi connectivity index (χ1v) is 7.84. The number of hydrogen-bond acceptors (Lipinski definition) is 4.